The smallest absolute Gasteiger partial charge is 0.244 e. The molecule has 3 aromatic rings. The molecule has 1 aliphatic carbocycles. The van der Waals surface area contributed by atoms with Gasteiger partial charge in [0, 0.05) is 19.0 Å². The van der Waals surface area contributed by atoms with Crippen LogP contribution in [0.15, 0.2) is 78.9 Å². The van der Waals surface area contributed by atoms with Gasteiger partial charge in [0.05, 0.1) is 19.1 Å². The number of hydrogen-bond donors (Lipinski definition) is 1. The molecular formula is C33H41N3O5S. The zero-order chi connectivity index (χ0) is 30.1. The van der Waals surface area contributed by atoms with Crippen molar-refractivity contribution in [2.45, 2.75) is 64.1 Å². The molecular weight excluding hydrogens is 550 g/mol. The summed E-state index contributed by atoms with van der Waals surface area (Å²) in [5.41, 5.74) is 3.10. The second-order valence-electron chi connectivity index (χ2n) is 11.0. The van der Waals surface area contributed by atoms with Crippen molar-refractivity contribution in [3.05, 3.63) is 95.6 Å². The van der Waals surface area contributed by atoms with E-state index >= 15 is 0 Å². The Hall–Kier alpha value is -3.85. The van der Waals surface area contributed by atoms with Gasteiger partial charge in [-0.05, 0) is 43.0 Å². The lowest BCUT2D eigenvalue weighted by Crippen LogP contribution is -2.55. The first-order valence-corrected chi connectivity index (χ1v) is 16.3. The second-order valence-corrected chi connectivity index (χ2v) is 12.9. The molecule has 0 bridgehead atoms. The van der Waals surface area contributed by atoms with E-state index in [1.807, 2.05) is 61.5 Å². The average molecular weight is 592 g/mol. The van der Waals surface area contributed by atoms with Crippen LogP contribution in [0.2, 0.25) is 0 Å². The van der Waals surface area contributed by atoms with Crippen LogP contribution in [0.25, 0.3) is 0 Å². The second kappa shape index (κ2) is 14.4. The van der Waals surface area contributed by atoms with Gasteiger partial charge in [-0.3, -0.25) is 13.9 Å². The highest BCUT2D eigenvalue weighted by molar-refractivity contribution is 7.92. The van der Waals surface area contributed by atoms with Crippen LogP contribution in [-0.4, -0.2) is 57.1 Å². The zero-order valence-electron chi connectivity index (χ0n) is 24.7. The van der Waals surface area contributed by atoms with E-state index < -0.39 is 28.5 Å². The van der Waals surface area contributed by atoms with E-state index in [1.165, 1.54) is 12.0 Å². The number of benzene rings is 3. The molecule has 0 saturated heterocycles. The molecule has 42 heavy (non-hydrogen) atoms. The van der Waals surface area contributed by atoms with Gasteiger partial charge in [-0.1, -0.05) is 91.6 Å². The van der Waals surface area contributed by atoms with E-state index in [4.69, 9.17) is 4.74 Å². The SMILES string of the molecule is COc1ccccc1N(CC(=O)N(Cc1ccc(C)cc1)C(Cc1ccccc1)C(=O)NC1CCCCC1)S(C)(=O)=O. The minimum absolute atomic E-state index is 0.0574. The van der Waals surface area contributed by atoms with E-state index in [-0.39, 0.29) is 24.2 Å². The lowest BCUT2D eigenvalue weighted by molar-refractivity contribution is -0.140. The van der Waals surface area contributed by atoms with Crippen molar-refractivity contribution in [1.82, 2.24) is 10.2 Å². The maximum Gasteiger partial charge on any atom is 0.244 e. The molecule has 3 aromatic carbocycles. The Labute approximate surface area is 249 Å². The maximum atomic E-state index is 14.3. The fourth-order valence-corrected chi connectivity index (χ4v) is 6.27. The van der Waals surface area contributed by atoms with Crippen LogP contribution in [0.5, 0.6) is 5.75 Å². The van der Waals surface area contributed by atoms with Crippen molar-refractivity contribution in [2.24, 2.45) is 0 Å². The molecule has 1 atom stereocenters. The van der Waals surface area contributed by atoms with Gasteiger partial charge in [0.15, 0.2) is 0 Å². The van der Waals surface area contributed by atoms with Gasteiger partial charge in [0.1, 0.15) is 18.3 Å². The summed E-state index contributed by atoms with van der Waals surface area (Å²) in [6.07, 6.45) is 6.45. The van der Waals surface area contributed by atoms with Crippen molar-refractivity contribution in [3.8, 4) is 5.75 Å². The van der Waals surface area contributed by atoms with Crippen molar-refractivity contribution in [2.75, 3.05) is 24.2 Å². The van der Waals surface area contributed by atoms with Crippen molar-refractivity contribution >= 4 is 27.5 Å². The van der Waals surface area contributed by atoms with Crippen molar-refractivity contribution in [1.29, 1.82) is 0 Å². The van der Waals surface area contributed by atoms with E-state index in [0.717, 1.165) is 59.4 Å². The van der Waals surface area contributed by atoms with Crippen molar-refractivity contribution in [3.63, 3.8) is 0 Å². The number of carbonyl (C=O) groups is 2. The van der Waals surface area contributed by atoms with Crippen LogP contribution in [0.1, 0.15) is 48.8 Å². The minimum atomic E-state index is -3.88. The summed E-state index contributed by atoms with van der Waals surface area (Å²) in [6, 6.07) is 23.3. The Morgan fingerprint density at radius 3 is 2.19 bits per heavy atom. The fourth-order valence-electron chi connectivity index (χ4n) is 5.42. The largest absolute Gasteiger partial charge is 0.495 e. The number of anilines is 1. The Balaban J connectivity index is 1.73. The van der Waals surface area contributed by atoms with Gasteiger partial charge >= 0.3 is 0 Å². The molecule has 224 valence electrons. The lowest BCUT2D eigenvalue weighted by atomic mass is 9.94. The number of rotatable bonds is 12. The van der Waals surface area contributed by atoms with Gasteiger partial charge < -0.3 is 15.0 Å². The Morgan fingerprint density at radius 1 is 0.905 bits per heavy atom. The van der Waals surface area contributed by atoms with E-state index in [2.05, 4.69) is 5.32 Å². The number of carbonyl (C=O) groups excluding carboxylic acids is 2. The Bertz CT molecular complexity index is 1440. The van der Waals surface area contributed by atoms with Gasteiger partial charge in [0.25, 0.3) is 0 Å². The monoisotopic (exact) mass is 591 g/mol. The molecule has 1 unspecified atom stereocenters. The molecule has 4 rings (SSSR count). The number of aryl methyl sites for hydroxylation is 1. The van der Waals surface area contributed by atoms with Gasteiger partial charge in [0.2, 0.25) is 21.8 Å². The summed E-state index contributed by atoms with van der Waals surface area (Å²) in [4.78, 5) is 29.8. The highest BCUT2D eigenvalue weighted by atomic mass is 32.2. The number of nitrogens with zero attached hydrogens (tertiary/aromatic N) is 2. The number of hydrogen-bond acceptors (Lipinski definition) is 5. The summed E-state index contributed by atoms with van der Waals surface area (Å²) >= 11 is 0. The molecule has 0 aromatic heterocycles. The molecule has 2 amide bonds. The third-order valence-corrected chi connectivity index (χ3v) is 8.86. The number of para-hydroxylation sites is 2. The molecule has 1 N–H and O–H groups in total. The van der Waals surface area contributed by atoms with Crippen LogP contribution in [0.3, 0.4) is 0 Å². The highest BCUT2D eigenvalue weighted by Crippen LogP contribution is 2.30. The standard InChI is InChI=1S/C33H41N3O5S/c1-25-18-20-27(21-19-25)23-35(32(37)24-36(42(3,39)40)29-16-10-11-17-31(29)41-2)30(22-26-12-6-4-7-13-26)33(38)34-28-14-8-5-9-15-28/h4,6-7,10-13,16-21,28,30H,5,8-9,14-15,22-24H2,1-3H3,(H,34,38). The van der Waals surface area contributed by atoms with Gasteiger partial charge in [-0.15, -0.1) is 0 Å². The number of sulfonamides is 1. The van der Waals surface area contributed by atoms with Gasteiger partial charge in [-0.25, -0.2) is 8.42 Å². The van der Waals surface area contributed by atoms with E-state index in [0.29, 0.717) is 12.2 Å². The summed E-state index contributed by atoms with van der Waals surface area (Å²) in [5, 5.41) is 3.22. The normalized spacial score (nSPS) is 14.5. The molecule has 9 heteroatoms. The molecule has 1 aliphatic rings. The number of methoxy groups -OCH3 is 1. The Kier molecular flexibility index (Phi) is 10.6. The van der Waals surface area contributed by atoms with Crippen LogP contribution in [0.4, 0.5) is 5.69 Å². The summed E-state index contributed by atoms with van der Waals surface area (Å²) in [7, 11) is -2.43. The molecule has 0 radical (unpaired) electrons. The molecule has 1 fully saturated rings. The topological polar surface area (TPSA) is 96.0 Å². The highest BCUT2D eigenvalue weighted by Gasteiger charge is 2.34. The lowest BCUT2D eigenvalue weighted by Gasteiger charge is -2.35. The summed E-state index contributed by atoms with van der Waals surface area (Å²) in [5.74, 6) is -0.377. The van der Waals surface area contributed by atoms with E-state index in [1.54, 1.807) is 24.3 Å². The fraction of sp³-hybridized carbons (Fsp3) is 0.394. The summed E-state index contributed by atoms with van der Waals surface area (Å²) in [6.45, 7) is 1.66. The Morgan fingerprint density at radius 2 is 1.55 bits per heavy atom. The zero-order valence-corrected chi connectivity index (χ0v) is 25.5. The molecule has 1 saturated carbocycles. The molecule has 8 nitrogen and oxygen atoms in total. The minimum Gasteiger partial charge on any atom is -0.495 e. The average Bonchev–Trinajstić information content (AvgIpc) is 2.99. The van der Waals surface area contributed by atoms with Crippen LogP contribution >= 0.6 is 0 Å². The molecule has 0 spiro atoms. The van der Waals surface area contributed by atoms with Crippen LogP contribution in [-0.2, 0) is 32.6 Å². The first-order valence-electron chi connectivity index (χ1n) is 14.5. The third kappa shape index (κ3) is 8.35. The maximum absolute atomic E-state index is 14.3. The third-order valence-electron chi connectivity index (χ3n) is 7.73. The van der Waals surface area contributed by atoms with Crippen LogP contribution < -0.4 is 14.4 Å². The predicted octanol–water partition coefficient (Wildman–Crippen LogP) is 4.86. The van der Waals surface area contributed by atoms with E-state index in [9.17, 15) is 18.0 Å². The summed E-state index contributed by atoms with van der Waals surface area (Å²) < 4.78 is 32.5. The van der Waals surface area contributed by atoms with Crippen molar-refractivity contribution < 1.29 is 22.7 Å². The number of ether oxygens (including phenoxy) is 1. The number of amides is 2. The first kappa shape index (κ1) is 31.1. The molecule has 0 aliphatic heterocycles. The van der Waals surface area contributed by atoms with Gasteiger partial charge in [-0.2, -0.15) is 0 Å². The molecule has 0 heterocycles. The predicted molar refractivity (Wildman–Crippen MR) is 166 cm³/mol. The number of nitrogens with one attached hydrogen (secondary N) is 1. The first-order chi connectivity index (χ1) is 20.2. The quantitative estimate of drug-likeness (QED) is 0.325. The van der Waals surface area contributed by atoms with Crippen LogP contribution in [0, 0.1) is 6.92 Å².